The minimum absolute atomic E-state index is 0.488. The van der Waals surface area contributed by atoms with Gasteiger partial charge in [-0.2, -0.15) is 4.98 Å². The molecule has 0 bridgehead atoms. The minimum Gasteiger partial charge on any atom is -0.475 e. The zero-order chi connectivity index (χ0) is 14.6. The molecule has 6 nitrogen and oxygen atoms in total. The molecule has 1 aromatic rings. The lowest BCUT2D eigenvalue weighted by molar-refractivity contribution is 0.143. The van der Waals surface area contributed by atoms with E-state index in [0.29, 0.717) is 19.1 Å². The van der Waals surface area contributed by atoms with Gasteiger partial charge in [0.15, 0.2) is 0 Å². The molecule has 0 aliphatic heterocycles. The predicted octanol–water partition coefficient (Wildman–Crippen LogP) is 1.90. The minimum atomic E-state index is 0.488. The van der Waals surface area contributed by atoms with Crippen LogP contribution in [0.15, 0.2) is 6.07 Å². The maximum atomic E-state index is 5.56. The van der Waals surface area contributed by atoms with Crippen molar-refractivity contribution in [2.24, 2.45) is 0 Å². The molecule has 0 saturated carbocycles. The zero-order valence-corrected chi connectivity index (χ0v) is 12.6. The van der Waals surface area contributed by atoms with Gasteiger partial charge in [-0.25, -0.2) is 4.98 Å². The van der Waals surface area contributed by atoms with E-state index in [1.54, 1.807) is 14.2 Å². The lowest BCUT2D eigenvalue weighted by Gasteiger charge is -2.10. The van der Waals surface area contributed by atoms with Crippen molar-refractivity contribution in [3.63, 3.8) is 0 Å². The van der Waals surface area contributed by atoms with Crippen molar-refractivity contribution in [3.8, 4) is 5.88 Å². The van der Waals surface area contributed by atoms with Crippen molar-refractivity contribution in [1.82, 2.24) is 9.97 Å². The van der Waals surface area contributed by atoms with Gasteiger partial charge in [0.1, 0.15) is 18.2 Å². The van der Waals surface area contributed by atoms with Gasteiger partial charge in [-0.15, -0.1) is 0 Å². The summed E-state index contributed by atoms with van der Waals surface area (Å²) in [7, 11) is 3.35. The van der Waals surface area contributed by atoms with Crippen molar-refractivity contribution in [1.29, 1.82) is 0 Å². The number of rotatable bonds is 11. The molecule has 0 atom stereocenters. The number of anilines is 1. The average Bonchev–Trinajstić information content (AvgIpc) is 2.44. The van der Waals surface area contributed by atoms with E-state index < -0.39 is 0 Å². The van der Waals surface area contributed by atoms with Crippen LogP contribution in [0.5, 0.6) is 5.88 Å². The molecule has 0 saturated heterocycles. The molecule has 6 heteroatoms. The van der Waals surface area contributed by atoms with E-state index in [1.165, 1.54) is 0 Å². The van der Waals surface area contributed by atoms with E-state index in [1.807, 2.05) is 6.07 Å². The standard InChI is InChI=1S/C14H25N3O3/c1-4-6-12-16-13(15-7-5-8-18-2)11-14(17-12)20-10-9-19-3/h11H,4-10H2,1-3H3,(H,15,16,17). The van der Waals surface area contributed by atoms with Crippen molar-refractivity contribution in [2.75, 3.05) is 45.9 Å². The maximum Gasteiger partial charge on any atom is 0.218 e. The van der Waals surface area contributed by atoms with Crippen LogP contribution >= 0.6 is 0 Å². The molecule has 0 fully saturated rings. The molecule has 1 rings (SSSR count). The van der Waals surface area contributed by atoms with E-state index in [2.05, 4.69) is 22.2 Å². The van der Waals surface area contributed by atoms with Gasteiger partial charge >= 0.3 is 0 Å². The molecule has 1 N–H and O–H groups in total. The third kappa shape index (κ3) is 6.68. The Morgan fingerprint density at radius 1 is 1.10 bits per heavy atom. The van der Waals surface area contributed by atoms with Crippen LogP contribution in [0.3, 0.4) is 0 Å². The van der Waals surface area contributed by atoms with Crippen LogP contribution < -0.4 is 10.1 Å². The van der Waals surface area contributed by atoms with Gasteiger partial charge in [0.2, 0.25) is 5.88 Å². The van der Waals surface area contributed by atoms with Crippen molar-refractivity contribution >= 4 is 5.82 Å². The predicted molar refractivity (Wildman–Crippen MR) is 78.4 cm³/mol. The first kappa shape index (κ1) is 16.7. The highest BCUT2D eigenvalue weighted by Gasteiger charge is 2.05. The number of hydrogen-bond acceptors (Lipinski definition) is 6. The first-order chi connectivity index (χ1) is 9.80. The summed E-state index contributed by atoms with van der Waals surface area (Å²) in [6, 6.07) is 1.82. The Bertz CT molecular complexity index is 375. The van der Waals surface area contributed by atoms with Gasteiger partial charge in [-0.05, 0) is 12.8 Å². The van der Waals surface area contributed by atoms with E-state index in [-0.39, 0.29) is 0 Å². The Morgan fingerprint density at radius 3 is 2.60 bits per heavy atom. The van der Waals surface area contributed by atoms with Crippen LogP contribution in [0.4, 0.5) is 5.82 Å². The molecule has 0 unspecified atom stereocenters. The number of nitrogens with zero attached hydrogens (tertiary/aromatic N) is 2. The molecule has 114 valence electrons. The summed E-state index contributed by atoms with van der Waals surface area (Å²) in [5.74, 6) is 2.19. The molecular weight excluding hydrogens is 258 g/mol. The Morgan fingerprint density at radius 2 is 1.90 bits per heavy atom. The average molecular weight is 283 g/mol. The fourth-order valence-electron chi connectivity index (χ4n) is 1.64. The van der Waals surface area contributed by atoms with Crippen LogP contribution in [0.2, 0.25) is 0 Å². The van der Waals surface area contributed by atoms with Crippen molar-refractivity contribution < 1.29 is 14.2 Å². The molecule has 1 heterocycles. The molecule has 0 aromatic carbocycles. The van der Waals surface area contributed by atoms with Crippen molar-refractivity contribution in [3.05, 3.63) is 11.9 Å². The number of methoxy groups -OCH3 is 2. The molecule has 20 heavy (non-hydrogen) atoms. The van der Waals surface area contributed by atoms with E-state index >= 15 is 0 Å². The fourth-order valence-corrected chi connectivity index (χ4v) is 1.64. The van der Waals surface area contributed by atoms with Crippen LogP contribution in [0.25, 0.3) is 0 Å². The Kier molecular flexibility index (Phi) is 8.66. The SMILES string of the molecule is CCCc1nc(NCCCOC)cc(OCCOC)n1. The van der Waals surface area contributed by atoms with Crippen LogP contribution in [-0.4, -0.2) is 50.6 Å². The number of aromatic nitrogens is 2. The van der Waals surface area contributed by atoms with E-state index in [0.717, 1.165) is 44.1 Å². The van der Waals surface area contributed by atoms with Crippen LogP contribution in [-0.2, 0) is 15.9 Å². The molecule has 0 aliphatic carbocycles. The molecule has 0 radical (unpaired) electrons. The van der Waals surface area contributed by atoms with E-state index in [4.69, 9.17) is 14.2 Å². The smallest absolute Gasteiger partial charge is 0.218 e. The lowest BCUT2D eigenvalue weighted by atomic mass is 10.3. The van der Waals surface area contributed by atoms with Gasteiger partial charge in [0, 0.05) is 39.9 Å². The maximum absolute atomic E-state index is 5.56. The number of ether oxygens (including phenoxy) is 3. The zero-order valence-electron chi connectivity index (χ0n) is 12.6. The fraction of sp³-hybridized carbons (Fsp3) is 0.714. The highest BCUT2D eigenvalue weighted by atomic mass is 16.5. The topological polar surface area (TPSA) is 65.5 Å². The summed E-state index contributed by atoms with van der Waals surface area (Å²) < 4.78 is 15.5. The summed E-state index contributed by atoms with van der Waals surface area (Å²) in [5.41, 5.74) is 0. The summed E-state index contributed by atoms with van der Waals surface area (Å²) in [4.78, 5) is 8.86. The molecule has 1 aromatic heterocycles. The first-order valence-electron chi connectivity index (χ1n) is 7.02. The lowest BCUT2D eigenvalue weighted by Crippen LogP contribution is -2.10. The van der Waals surface area contributed by atoms with Crippen molar-refractivity contribution in [2.45, 2.75) is 26.2 Å². The third-order valence-electron chi connectivity index (χ3n) is 2.59. The summed E-state index contributed by atoms with van der Waals surface area (Å²) in [5, 5.41) is 3.27. The van der Waals surface area contributed by atoms with Gasteiger partial charge in [0.05, 0.1) is 6.61 Å². The quantitative estimate of drug-likeness (QED) is 0.626. The summed E-state index contributed by atoms with van der Waals surface area (Å²) in [6.07, 6.45) is 2.78. The van der Waals surface area contributed by atoms with Crippen LogP contribution in [0.1, 0.15) is 25.6 Å². The number of nitrogens with one attached hydrogen (secondary N) is 1. The number of aryl methyl sites for hydroxylation is 1. The third-order valence-corrected chi connectivity index (χ3v) is 2.59. The molecule has 0 aliphatic rings. The second-order valence-corrected chi connectivity index (χ2v) is 4.37. The second-order valence-electron chi connectivity index (χ2n) is 4.37. The van der Waals surface area contributed by atoms with Gasteiger partial charge in [-0.1, -0.05) is 6.92 Å². The van der Waals surface area contributed by atoms with Gasteiger partial charge in [0.25, 0.3) is 0 Å². The summed E-state index contributed by atoms with van der Waals surface area (Å²) >= 11 is 0. The highest BCUT2D eigenvalue weighted by molar-refractivity contribution is 5.38. The van der Waals surface area contributed by atoms with Gasteiger partial charge in [-0.3, -0.25) is 0 Å². The normalized spacial score (nSPS) is 10.6. The Balaban J connectivity index is 2.60. The van der Waals surface area contributed by atoms with Crippen LogP contribution in [0, 0.1) is 0 Å². The highest BCUT2D eigenvalue weighted by Crippen LogP contribution is 2.14. The largest absolute Gasteiger partial charge is 0.475 e. The first-order valence-corrected chi connectivity index (χ1v) is 7.02. The monoisotopic (exact) mass is 283 g/mol. The summed E-state index contributed by atoms with van der Waals surface area (Å²) in [6.45, 7) is 4.68. The second kappa shape index (κ2) is 10.4. The Labute approximate surface area is 120 Å². The molecule has 0 spiro atoms. The molecule has 0 amide bonds. The Hall–Kier alpha value is -1.40. The van der Waals surface area contributed by atoms with E-state index in [9.17, 15) is 0 Å². The molecular formula is C14H25N3O3. The van der Waals surface area contributed by atoms with Gasteiger partial charge < -0.3 is 19.5 Å². The number of hydrogen-bond donors (Lipinski definition) is 1.